The summed E-state index contributed by atoms with van der Waals surface area (Å²) in [4.78, 5) is 31.8. The first-order valence-corrected chi connectivity index (χ1v) is 11.6. The van der Waals surface area contributed by atoms with Crippen LogP contribution in [0, 0.1) is 0 Å². The van der Waals surface area contributed by atoms with Gasteiger partial charge in [-0.3, -0.25) is 14.5 Å². The number of aromatic nitrogens is 1. The highest BCUT2D eigenvalue weighted by atomic mass is 32.1. The van der Waals surface area contributed by atoms with Crippen LogP contribution in [0.4, 0.5) is 0 Å². The summed E-state index contributed by atoms with van der Waals surface area (Å²) in [5.41, 5.74) is 2.03. The molecular formula is C23H28N4O3S. The van der Waals surface area contributed by atoms with Gasteiger partial charge in [-0.25, -0.2) is 0 Å². The van der Waals surface area contributed by atoms with Gasteiger partial charge in [0.2, 0.25) is 5.91 Å². The number of hydrogen-bond acceptors (Lipinski definition) is 5. The third-order valence-electron chi connectivity index (χ3n) is 5.52. The standard InChI is InChI=1S/C23H28N4O3S/c28-22(24-8-4-9-27-10-12-30-13-11-27)20(26-23(29)21-7-3-14-31-21)15-17-16-25-19-6-2-1-5-18(17)19/h1-3,5-7,14,16,20,25H,4,8-13,15H2,(H,24,28)(H,26,29)/t20-/m1/s1. The van der Waals surface area contributed by atoms with Gasteiger partial charge in [-0.1, -0.05) is 24.3 Å². The Balaban J connectivity index is 1.38. The summed E-state index contributed by atoms with van der Waals surface area (Å²) in [7, 11) is 0. The topological polar surface area (TPSA) is 86.5 Å². The molecule has 2 aromatic heterocycles. The lowest BCUT2D eigenvalue weighted by Gasteiger charge is -2.26. The van der Waals surface area contributed by atoms with Crippen molar-refractivity contribution in [1.29, 1.82) is 0 Å². The second-order valence-electron chi connectivity index (χ2n) is 7.67. The van der Waals surface area contributed by atoms with Gasteiger partial charge in [-0.2, -0.15) is 0 Å². The number of carbonyl (C=O) groups excluding carboxylic acids is 2. The number of thiophene rings is 1. The molecule has 1 fully saturated rings. The fourth-order valence-corrected chi connectivity index (χ4v) is 4.46. The smallest absolute Gasteiger partial charge is 0.262 e. The van der Waals surface area contributed by atoms with Crippen LogP contribution in [0.2, 0.25) is 0 Å². The van der Waals surface area contributed by atoms with Crippen molar-refractivity contribution in [2.24, 2.45) is 0 Å². The lowest BCUT2D eigenvalue weighted by atomic mass is 10.0. The van der Waals surface area contributed by atoms with Crippen LogP contribution in [0.1, 0.15) is 21.7 Å². The quantitative estimate of drug-likeness (QED) is 0.446. The Labute approximate surface area is 185 Å². The normalized spacial score (nSPS) is 15.6. The molecule has 3 heterocycles. The Morgan fingerprint density at radius 1 is 1.16 bits per heavy atom. The molecule has 3 N–H and O–H groups in total. The molecule has 0 aliphatic carbocycles. The Morgan fingerprint density at radius 2 is 2.00 bits per heavy atom. The zero-order valence-electron chi connectivity index (χ0n) is 17.4. The van der Waals surface area contributed by atoms with E-state index in [1.807, 2.05) is 41.9 Å². The number of para-hydroxylation sites is 1. The molecule has 0 radical (unpaired) electrons. The molecule has 0 bridgehead atoms. The number of nitrogens with one attached hydrogen (secondary N) is 3. The van der Waals surface area contributed by atoms with Crippen LogP contribution in [0.25, 0.3) is 10.9 Å². The van der Waals surface area contributed by atoms with E-state index in [0.717, 1.165) is 55.7 Å². The van der Waals surface area contributed by atoms with Crippen molar-refractivity contribution in [2.45, 2.75) is 18.9 Å². The summed E-state index contributed by atoms with van der Waals surface area (Å²) in [6.45, 7) is 4.93. The maximum Gasteiger partial charge on any atom is 0.262 e. The highest BCUT2D eigenvalue weighted by Gasteiger charge is 2.23. The predicted octanol–water partition coefficient (Wildman–Crippen LogP) is 2.41. The molecule has 0 spiro atoms. The van der Waals surface area contributed by atoms with E-state index in [4.69, 9.17) is 4.74 Å². The van der Waals surface area contributed by atoms with E-state index in [9.17, 15) is 9.59 Å². The van der Waals surface area contributed by atoms with E-state index >= 15 is 0 Å². The largest absolute Gasteiger partial charge is 0.379 e. The average molecular weight is 441 g/mol. The number of amides is 2. The molecule has 7 nitrogen and oxygen atoms in total. The maximum absolute atomic E-state index is 13.0. The van der Waals surface area contributed by atoms with Crippen LogP contribution in [0.3, 0.4) is 0 Å². The third-order valence-corrected chi connectivity index (χ3v) is 6.39. The molecule has 4 rings (SSSR count). The maximum atomic E-state index is 13.0. The first-order chi connectivity index (χ1) is 15.2. The summed E-state index contributed by atoms with van der Waals surface area (Å²) in [5.74, 6) is -0.375. The molecule has 0 saturated carbocycles. The number of aromatic amines is 1. The van der Waals surface area contributed by atoms with Crippen LogP contribution < -0.4 is 10.6 Å². The summed E-state index contributed by atoms with van der Waals surface area (Å²) < 4.78 is 5.37. The summed E-state index contributed by atoms with van der Waals surface area (Å²) >= 11 is 1.37. The van der Waals surface area contributed by atoms with E-state index < -0.39 is 6.04 Å². The van der Waals surface area contributed by atoms with Gasteiger partial charge >= 0.3 is 0 Å². The number of hydrogen-bond donors (Lipinski definition) is 3. The molecule has 1 atom stereocenters. The lowest BCUT2D eigenvalue weighted by molar-refractivity contribution is -0.123. The average Bonchev–Trinajstić information content (AvgIpc) is 3.47. The fraction of sp³-hybridized carbons (Fsp3) is 0.391. The number of carbonyl (C=O) groups is 2. The highest BCUT2D eigenvalue weighted by Crippen LogP contribution is 2.19. The first kappa shape index (κ1) is 21.5. The second-order valence-corrected chi connectivity index (χ2v) is 8.61. The van der Waals surface area contributed by atoms with Gasteiger partial charge in [0.1, 0.15) is 6.04 Å². The number of H-pyrrole nitrogens is 1. The van der Waals surface area contributed by atoms with Crippen LogP contribution in [-0.2, 0) is 16.0 Å². The SMILES string of the molecule is O=C(N[C@H](Cc1c[nH]c2ccccc12)C(=O)NCCCN1CCOCC1)c1cccs1. The van der Waals surface area contributed by atoms with Gasteiger partial charge in [-0.05, 0) is 36.0 Å². The van der Waals surface area contributed by atoms with Gasteiger partial charge in [0.15, 0.2) is 0 Å². The van der Waals surface area contributed by atoms with E-state index in [1.54, 1.807) is 6.07 Å². The zero-order valence-corrected chi connectivity index (χ0v) is 18.2. The molecule has 31 heavy (non-hydrogen) atoms. The number of nitrogens with zero attached hydrogens (tertiary/aromatic N) is 1. The molecule has 1 aromatic carbocycles. The minimum atomic E-state index is -0.641. The monoisotopic (exact) mass is 440 g/mol. The van der Waals surface area contributed by atoms with E-state index in [-0.39, 0.29) is 11.8 Å². The van der Waals surface area contributed by atoms with Crippen molar-refractivity contribution in [3.8, 4) is 0 Å². The number of ether oxygens (including phenoxy) is 1. The van der Waals surface area contributed by atoms with Crippen LogP contribution in [0.5, 0.6) is 0 Å². The highest BCUT2D eigenvalue weighted by molar-refractivity contribution is 7.12. The first-order valence-electron chi connectivity index (χ1n) is 10.7. The van der Waals surface area contributed by atoms with Crippen molar-refractivity contribution >= 4 is 34.1 Å². The molecule has 1 aliphatic heterocycles. The van der Waals surface area contributed by atoms with Crippen LogP contribution >= 0.6 is 11.3 Å². The van der Waals surface area contributed by atoms with Crippen LogP contribution in [0.15, 0.2) is 48.0 Å². The summed E-state index contributed by atoms with van der Waals surface area (Å²) in [6, 6.07) is 10.9. The van der Waals surface area contributed by atoms with Gasteiger partial charge in [0, 0.05) is 43.2 Å². The molecule has 2 amide bonds. The Hall–Kier alpha value is -2.68. The van der Waals surface area contributed by atoms with Crippen molar-refractivity contribution in [3.05, 3.63) is 58.4 Å². The van der Waals surface area contributed by atoms with Gasteiger partial charge in [0.25, 0.3) is 5.91 Å². The van der Waals surface area contributed by atoms with Crippen molar-refractivity contribution in [1.82, 2.24) is 20.5 Å². The number of fused-ring (bicyclic) bond motifs is 1. The van der Waals surface area contributed by atoms with Crippen molar-refractivity contribution in [3.63, 3.8) is 0 Å². The number of morpholine rings is 1. The minimum Gasteiger partial charge on any atom is -0.379 e. The van der Waals surface area contributed by atoms with E-state index in [2.05, 4.69) is 20.5 Å². The van der Waals surface area contributed by atoms with Gasteiger partial charge < -0.3 is 20.4 Å². The predicted molar refractivity (Wildman–Crippen MR) is 122 cm³/mol. The molecule has 0 unspecified atom stereocenters. The number of benzene rings is 1. The number of rotatable bonds is 9. The molecule has 164 valence electrons. The van der Waals surface area contributed by atoms with Crippen molar-refractivity contribution < 1.29 is 14.3 Å². The molecule has 3 aromatic rings. The fourth-order valence-electron chi connectivity index (χ4n) is 3.83. The zero-order chi connectivity index (χ0) is 21.5. The van der Waals surface area contributed by atoms with E-state index in [0.29, 0.717) is 17.8 Å². The minimum absolute atomic E-state index is 0.155. The van der Waals surface area contributed by atoms with E-state index in [1.165, 1.54) is 11.3 Å². The molecule has 1 aliphatic rings. The van der Waals surface area contributed by atoms with Crippen LogP contribution in [-0.4, -0.2) is 67.1 Å². The van der Waals surface area contributed by atoms with Crippen molar-refractivity contribution in [2.75, 3.05) is 39.4 Å². The Kier molecular flexibility index (Phi) is 7.35. The molecule has 8 heteroatoms. The molecule has 1 saturated heterocycles. The Morgan fingerprint density at radius 3 is 2.81 bits per heavy atom. The van der Waals surface area contributed by atoms with Gasteiger partial charge in [0.05, 0.1) is 18.1 Å². The molecular weight excluding hydrogens is 412 g/mol. The lowest BCUT2D eigenvalue weighted by Crippen LogP contribution is -2.48. The summed E-state index contributed by atoms with van der Waals surface area (Å²) in [5, 5.41) is 8.87. The van der Waals surface area contributed by atoms with Gasteiger partial charge in [-0.15, -0.1) is 11.3 Å². The summed E-state index contributed by atoms with van der Waals surface area (Å²) in [6.07, 6.45) is 3.21. The Bertz CT molecular complexity index is 995. The third kappa shape index (κ3) is 5.72. The second kappa shape index (κ2) is 10.6.